The zero-order chi connectivity index (χ0) is 17.1. The van der Waals surface area contributed by atoms with Gasteiger partial charge in [-0.15, -0.1) is 0 Å². The molecule has 0 heterocycles. The first kappa shape index (κ1) is 20.1. The lowest BCUT2D eigenvalue weighted by molar-refractivity contribution is -0.368. The SMILES string of the molecule is CCCCCCCCC(Cc1ccc(F)cc1)C(O)(OC)OC. The fourth-order valence-corrected chi connectivity index (χ4v) is 2.91. The minimum atomic E-state index is -1.60. The van der Waals surface area contributed by atoms with Gasteiger partial charge >= 0.3 is 0 Å². The van der Waals surface area contributed by atoms with Crippen molar-refractivity contribution in [3.63, 3.8) is 0 Å². The monoisotopic (exact) mass is 326 g/mol. The van der Waals surface area contributed by atoms with Gasteiger partial charge in [-0.25, -0.2) is 4.39 Å². The molecule has 0 amide bonds. The van der Waals surface area contributed by atoms with Crippen LogP contribution in [0.2, 0.25) is 0 Å². The summed E-state index contributed by atoms with van der Waals surface area (Å²) in [6, 6.07) is 6.37. The van der Waals surface area contributed by atoms with E-state index in [9.17, 15) is 9.50 Å². The summed E-state index contributed by atoms with van der Waals surface area (Å²) in [5.41, 5.74) is 0.968. The Kier molecular flexibility index (Phi) is 9.37. The quantitative estimate of drug-likeness (QED) is 0.448. The van der Waals surface area contributed by atoms with Crippen molar-refractivity contribution in [2.75, 3.05) is 14.2 Å². The van der Waals surface area contributed by atoms with Crippen LogP contribution >= 0.6 is 0 Å². The molecule has 0 radical (unpaired) electrons. The van der Waals surface area contributed by atoms with Crippen LogP contribution in [0.3, 0.4) is 0 Å². The van der Waals surface area contributed by atoms with Gasteiger partial charge in [0.25, 0.3) is 5.97 Å². The summed E-state index contributed by atoms with van der Waals surface area (Å²) in [5.74, 6) is -2.04. The fraction of sp³-hybridized carbons (Fsp3) is 0.684. The molecule has 0 aromatic heterocycles. The van der Waals surface area contributed by atoms with Crippen LogP contribution in [0.1, 0.15) is 57.4 Å². The van der Waals surface area contributed by atoms with Gasteiger partial charge in [0.2, 0.25) is 0 Å². The maximum Gasteiger partial charge on any atom is 0.283 e. The van der Waals surface area contributed by atoms with E-state index in [0.717, 1.165) is 24.8 Å². The van der Waals surface area contributed by atoms with E-state index in [2.05, 4.69) is 6.92 Å². The Bertz CT molecular complexity index is 415. The molecular formula is C19H31FO3. The topological polar surface area (TPSA) is 38.7 Å². The van der Waals surface area contributed by atoms with Gasteiger partial charge < -0.3 is 14.6 Å². The predicted molar refractivity (Wildman–Crippen MR) is 90.6 cm³/mol. The van der Waals surface area contributed by atoms with Crippen LogP contribution < -0.4 is 0 Å². The molecule has 0 saturated carbocycles. The second kappa shape index (κ2) is 10.7. The Hall–Kier alpha value is -0.970. The Balaban J connectivity index is 2.60. The Morgan fingerprint density at radius 2 is 1.57 bits per heavy atom. The van der Waals surface area contributed by atoms with Crippen molar-refractivity contribution in [3.05, 3.63) is 35.6 Å². The van der Waals surface area contributed by atoms with Crippen molar-refractivity contribution in [2.24, 2.45) is 5.92 Å². The van der Waals surface area contributed by atoms with E-state index in [4.69, 9.17) is 9.47 Å². The van der Waals surface area contributed by atoms with E-state index in [1.165, 1.54) is 52.0 Å². The highest BCUT2D eigenvalue weighted by molar-refractivity contribution is 5.16. The van der Waals surface area contributed by atoms with Gasteiger partial charge in [0.05, 0.1) is 0 Å². The molecule has 1 unspecified atom stereocenters. The lowest BCUT2D eigenvalue weighted by atomic mass is 9.91. The number of aliphatic hydroxyl groups is 1. The number of benzene rings is 1. The van der Waals surface area contributed by atoms with Gasteiger partial charge in [-0.3, -0.25) is 0 Å². The van der Waals surface area contributed by atoms with Gasteiger partial charge in [0.15, 0.2) is 0 Å². The normalized spacial score (nSPS) is 13.3. The Labute approximate surface area is 139 Å². The van der Waals surface area contributed by atoms with Crippen molar-refractivity contribution in [1.29, 1.82) is 0 Å². The highest BCUT2D eigenvalue weighted by atomic mass is 19.1. The molecule has 0 fully saturated rings. The molecule has 0 aliphatic heterocycles. The highest BCUT2D eigenvalue weighted by Crippen LogP contribution is 2.29. The van der Waals surface area contributed by atoms with Crippen LogP contribution in [0, 0.1) is 11.7 Å². The Morgan fingerprint density at radius 1 is 1.00 bits per heavy atom. The number of halogens is 1. The smallest absolute Gasteiger partial charge is 0.283 e. The average molecular weight is 326 g/mol. The van der Waals surface area contributed by atoms with E-state index in [0.29, 0.717) is 6.42 Å². The third-order valence-electron chi connectivity index (χ3n) is 4.40. The van der Waals surface area contributed by atoms with E-state index < -0.39 is 5.97 Å². The summed E-state index contributed by atoms with van der Waals surface area (Å²) in [5, 5.41) is 10.5. The highest BCUT2D eigenvalue weighted by Gasteiger charge is 2.36. The van der Waals surface area contributed by atoms with E-state index in [1.807, 2.05) is 0 Å². The van der Waals surface area contributed by atoms with Crippen LogP contribution in [0.5, 0.6) is 0 Å². The third-order valence-corrected chi connectivity index (χ3v) is 4.40. The zero-order valence-corrected chi connectivity index (χ0v) is 14.7. The second-order valence-corrected chi connectivity index (χ2v) is 6.12. The summed E-state index contributed by atoms with van der Waals surface area (Å²) >= 11 is 0. The van der Waals surface area contributed by atoms with Crippen molar-refractivity contribution < 1.29 is 19.0 Å². The zero-order valence-electron chi connectivity index (χ0n) is 14.7. The van der Waals surface area contributed by atoms with Gasteiger partial charge in [0, 0.05) is 20.1 Å². The first-order chi connectivity index (χ1) is 11.1. The van der Waals surface area contributed by atoms with E-state index in [1.54, 1.807) is 12.1 Å². The summed E-state index contributed by atoms with van der Waals surface area (Å²) < 4.78 is 23.4. The fourth-order valence-electron chi connectivity index (χ4n) is 2.91. The molecule has 0 aliphatic carbocycles. The Morgan fingerprint density at radius 3 is 2.13 bits per heavy atom. The van der Waals surface area contributed by atoms with Crippen LogP contribution in [-0.4, -0.2) is 25.3 Å². The van der Waals surface area contributed by atoms with Crippen molar-refractivity contribution in [1.82, 2.24) is 0 Å². The molecule has 4 heteroatoms. The van der Waals surface area contributed by atoms with Gasteiger partial charge in [-0.2, -0.15) is 0 Å². The molecule has 1 rings (SSSR count). The molecule has 3 nitrogen and oxygen atoms in total. The second-order valence-electron chi connectivity index (χ2n) is 6.12. The maximum absolute atomic E-state index is 13.0. The molecule has 0 spiro atoms. The number of ether oxygens (including phenoxy) is 2. The number of rotatable bonds is 12. The molecular weight excluding hydrogens is 295 g/mol. The standard InChI is InChI=1S/C19H31FO3/c1-4-5-6-7-8-9-10-17(19(21,22-2)23-3)15-16-11-13-18(20)14-12-16/h11-14,17,21H,4-10,15H2,1-3H3. The molecule has 0 bridgehead atoms. The summed E-state index contributed by atoms with van der Waals surface area (Å²) in [4.78, 5) is 0. The molecule has 1 N–H and O–H groups in total. The lowest BCUT2D eigenvalue weighted by Crippen LogP contribution is -2.43. The van der Waals surface area contributed by atoms with Gasteiger partial charge in [-0.1, -0.05) is 57.6 Å². The largest absolute Gasteiger partial charge is 0.343 e. The average Bonchev–Trinajstić information content (AvgIpc) is 2.58. The molecule has 1 atom stereocenters. The molecule has 23 heavy (non-hydrogen) atoms. The molecule has 0 aliphatic rings. The van der Waals surface area contributed by atoms with Crippen LogP contribution in [-0.2, 0) is 15.9 Å². The van der Waals surface area contributed by atoms with Crippen molar-refractivity contribution >= 4 is 0 Å². The molecule has 1 aromatic carbocycles. The first-order valence-electron chi connectivity index (χ1n) is 8.62. The summed E-state index contributed by atoms with van der Waals surface area (Å²) in [7, 11) is 2.89. The third kappa shape index (κ3) is 6.98. The van der Waals surface area contributed by atoms with Gasteiger partial charge in [0.1, 0.15) is 5.82 Å². The minimum absolute atomic E-state index is 0.186. The lowest BCUT2D eigenvalue weighted by Gasteiger charge is -2.33. The minimum Gasteiger partial charge on any atom is -0.343 e. The van der Waals surface area contributed by atoms with E-state index >= 15 is 0 Å². The van der Waals surface area contributed by atoms with Crippen molar-refractivity contribution in [3.8, 4) is 0 Å². The molecule has 0 saturated heterocycles. The van der Waals surface area contributed by atoms with Gasteiger partial charge in [-0.05, 0) is 30.5 Å². The van der Waals surface area contributed by atoms with Crippen molar-refractivity contribution in [2.45, 2.75) is 64.3 Å². The van der Waals surface area contributed by atoms with Crippen LogP contribution in [0.25, 0.3) is 0 Å². The summed E-state index contributed by atoms with van der Waals surface area (Å²) in [6.45, 7) is 2.20. The summed E-state index contributed by atoms with van der Waals surface area (Å²) in [6.07, 6.45) is 8.55. The number of hydrogen-bond donors (Lipinski definition) is 1. The van der Waals surface area contributed by atoms with Crippen LogP contribution in [0.4, 0.5) is 4.39 Å². The van der Waals surface area contributed by atoms with E-state index in [-0.39, 0.29) is 11.7 Å². The first-order valence-corrected chi connectivity index (χ1v) is 8.62. The van der Waals surface area contributed by atoms with Crippen LogP contribution in [0.15, 0.2) is 24.3 Å². The molecule has 132 valence electrons. The predicted octanol–water partition coefficient (Wildman–Crippen LogP) is 4.67. The number of unbranched alkanes of at least 4 members (excludes halogenated alkanes) is 5. The number of hydrogen-bond acceptors (Lipinski definition) is 3. The molecule has 1 aromatic rings. The maximum atomic E-state index is 13.0. The number of methoxy groups -OCH3 is 2.